The maximum atomic E-state index is 12.6. The molecule has 0 bridgehead atoms. The van der Waals surface area contributed by atoms with Gasteiger partial charge in [-0.15, -0.1) is 0 Å². The van der Waals surface area contributed by atoms with Gasteiger partial charge in [0.1, 0.15) is 0 Å². The molecule has 0 unspecified atom stereocenters. The first kappa shape index (κ1) is 19.2. The molecule has 2 aliphatic heterocycles. The average molecular weight is 397 g/mol. The quantitative estimate of drug-likeness (QED) is 0.711. The first-order chi connectivity index (χ1) is 13.5. The number of nitrogens with zero attached hydrogens (tertiary/aromatic N) is 2. The van der Waals surface area contributed by atoms with Crippen LogP contribution in [0.3, 0.4) is 0 Å². The van der Waals surface area contributed by atoms with Crippen LogP contribution in [0, 0.1) is 12.8 Å². The zero-order chi connectivity index (χ0) is 19.7. The van der Waals surface area contributed by atoms with E-state index < -0.39 is 0 Å². The fourth-order valence-corrected chi connectivity index (χ4v) is 4.36. The van der Waals surface area contributed by atoms with Gasteiger partial charge in [-0.3, -0.25) is 14.5 Å². The monoisotopic (exact) mass is 396 g/mol. The molecule has 2 heterocycles. The summed E-state index contributed by atoms with van der Waals surface area (Å²) >= 11 is 6.06. The minimum Gasteiger partial charge on any atom is -0.334 e. The second kappa shape index (κ2) is 8.06. The van der Waals surface area contributed by atoms with Crippen LogP contribution in [0.5, 0.6) is 0 Å². The number of carbonyl (C=O) groups excluding carboxylic acids is 2. The lowest BCUT2D eigenvalue weighted by Crippen LogP contribution is -2.40. The lowest BCUT2D eigenvalue weighted by molar-refractivity contribution is 0.0707. The number of likely N-dealkylation sites (tertiary alicyclic amines) is 1. The van der Waals surface area contributed by atoms with Gasteiger partial charge in [0.05, 0.1) is 6.54 Å². The Morgan fingerprint density at radius 2 is 1.82 bits per heavy atom. The van der Waals surface area contributed by atoms with Crippen LogP contribution in [0.4, 0.5) is 0 Å². The van der Waals surface area contributed by atoms with E-state index in [-0.39, 0.29) is 11.7 Å². The van der Waals surface area contributed by atoms with Gasteiger partial charge in [-0.05, 0) is 62.5 Å². The summed E-state index contributed by atoms with van der Waals surface area (Å²) in [6, 6.07) is 13.3. The molecule has 1 fully saturated rings. The first-order valence-corrected chi connectivity index (χ1v) is 10.3. The van der Waals surface area contributed by atoms with E-state index in [2.05, 4.69) is 4.90 Å². The number of halogens is 1. The molecule has 0 atom stereocenters. The minimum atomic E-state index is 0.114. The van der Waals surface area contributed by atoms with Crippen LogP contribution < -0.4 is 0 Å². The highest BCUT2D eigenvalue weighted by Gasteiger charge is 2.30. The number of ketones is 1. The number of piperidine rings is 1. The number of carbonyl (C=O) groups is 2. The van der Waals surface area contributed by atoms with Gasteiger partial charge in [-0.2, -0.15) is 0 Å². The molecule has 4 nitrogen and oxygen atoms in total. The predicted octanol–water partition coefficient (Wildman–Crippen LogP) is 4.20. The van der Waals surface area contributed by atoms with E-state index in [4.69, 9.17) is 11.6 Å². The van der Waals surface area contributed by atoms with Crippen LogP contribution in [0.15, 0.2) is 42.5 Å². The van der Waals surface area contributed by atoms with Crippen molar-refractivity contribution in [3.63, 3.8) is 0 Å². The van der Waals surface area contributed by atoms with Crippen molar-refractivity contribution in [2.24, 2.45) is 5.92 Å². The number of rotatable bonds is 5. The second-order valence-electron chi connectivity index (χ2n) is 8.00. The maximum absolute atomic E-state index is 12.6. The standard InChI is InChI=1S/C23H25ClN2O2/c1-16-2-4-18(5-3-16)22(27)15-25-10-8-17(9-11-25)13-26-14-19-12-20(24)6-7-21(19)23(26)28/h2-7,12,17H,8-11,13-15H2,1H3. The molecule has 0 radical (unpaired) electrons. The SMILES string of the molecule is Cc1ccc(C(=O)CN2CCC(CN3Cc4cc(Cl)ccc4C3=O)CC2)cc1. The number of Topliss-reactive ketones (excluding diaryl/α,β-unsaturated/α-hetero) is 1. The fourth-order valence-electron chi connectivity index (χ4n) is 4.17. The highest BCUT2D eigenvalue weighted by atomic mass is 35.5. The van der Waals surface area contributed by atoms with Gasteiger partial charge in [-0.25, -0.2) is 0 Å². The van der Waals surface area contributed by atoms with E-state index in [9.17, 15) is 9.59 Å². The summed E-state index contributed by atoms with van der Waals surface area (Å²) in [4.78, 5) is 29.3. The number of benzene rings is 2. The Bertz CT molecular complexity index is 886. The van der Waals surface area contributed by atoms with Crippen molar-refractivity contribution in [3.05, 3.63) is 69.7 Å². The molecule has 28 heavy (non-hydrogen) atoms. The molecule has 0 saturated carbocycles. The summed E-state index contributed by atoms with van der Waals surface area (Å²) in [6.07, 6.45) is 2.03. The summed E-state index contributed by atoms with van der Waals surface area (Å²) in [5, 5.41) is 0.681. The van der Waals surface area contributed by atoms with Crippen LogP contribution >= 0.6 is 11.6 Å². The lowest BCUT2D eigenvalue weighted by atomic mass is 9.95. The molecule has 2 aromatic carbocycles. The Morgan fingerprint density at radius 3 is 2.54 bits per heavy atom. The number of hydrogen-bond acceptors (Lipinski definition) is 3. The third kappa shape index (κ3) is 4.13. The zero-order valence-electron chi connectivity index (χ0n) is 16.2. The van der Waals surface area contributed by atoms with E-state index in [0.717, 1.165) is 49.2 Å². The molecule has 2 aromatic rings. The molecule has 0 N–H and O–H groups in total. The van der Waals surface area contributed by atoms with Gasteiger partial charge in [0.25, 0.3) is 5.91 Å². The third-order valence-corrected chi connectivity index (χ3v) is 6.11. The van der Waals surface area contributed by atoms with Gasteiger partial charge in [-0.1, -0.05) is 41.4 Å². The van der Waals surface area contributed by atoms with Crippen LogP contribution in [0.1, 0.15) is 44.7 Å². The summed E-state index contributed by atoms with van der Waals surface area (Å²) in [6.45, 7) is 5.75. The Morgan fingerprint density at radius 1 is 1.11 bits per heavy atom. The van der Waals surface area contributed by atoms with E-state index in [1.165, 1.54) is 5.56 Å². The molecule has 4 rings (SSSR count). The Labute approximate surface area is 171 Å². The van der Waals surface area contributed by atoms with Gasteiger partial charge in [0, 0.05) is 29.2 Å². The Hall–Kier alpha value is -2.17. The van der Waals surface area contributed by atoms with Crippen LogP contribution in [-0.4, -0.2) is 47.7 Å². The second-order valence-corrected chi connectivity index (χ2v) is 8.43. The highest BCUT2D eigenvalue weighted by Crippen LogP contribution is 2.28. The number of fused-ring (bicyclic) bond motifs is 1. The summed E-state index contributed by atoms with van der Waals surface area (Å²) < 4.78 is 0. The van der Waals surface area contributed by atoms with Crippen LogP contribution in [0.25, 0.3) is 0 Å². The molecule has 5 heteroatoms. The summed E-state index contributed by atoms with van der Waals surface area (Å²) in [7, 11) is 0. The molecule has 0 aromatic heterocycles. The molecule has 0 aliphatic carbocycles. The van der Waals surface area contributed by atoms with E-state index in [1.807, 2.05) is 48.2 Å². The number of aryl methyl sites for hydroxylation is 1. The predicted molar refractivity (Wildman–Crippen MR) is 111 cm³/mol. The third-order valence-electron chi connectivity index (χ3n) is 5.87. The van der Waals surface area contributed by atoms with Crippen molar-refractivity contribution < 1.29 is 9.59 Å². The van der Waals surface area contributed by atoms with Crippen LogP contribution in [0.2, 0.25) is 5.02 Å². The summed E-state index contributed by atoms with van der Waals surface area (Å²) in [5.74, 6) is 0.781. The average Bonchev–Trinajstić information content (AvgIpc) is 2.98. The van der Waals surface area contributed by atoms with Gasteiger partial charge in [0.15, 0.2) is 5.78 Å². The van der Waals surface area contributed by atoms with Crippen molar-refractivity contribution in [2.45, 2.75) is 26.3 Å². The minimum absolute atomic E-state index is 0.114. The smallest absolute Gasteiger partial charge is 0.254 e. The normalized spacial score (nSPS) is 17.8. The number of amides is 1. The molecule has 1 saturated heterocycles. The zero-order valence-corrected chi connectivity index (χ0v) is 16.9. The summed E-state index contributed by atoms with van der Waals surface area (Å²) in [5.41, 5.74) is 3.76. The molecule has 1 amide bonds. The maximum Gasteiger partial charge on any atom is 0.254 e. The molecular weight excluding hydrogens is 372 g/mol. The largest absolute Gasteiger partial charge is 0.334 e. The molecule has 146 valence electrons. The van der Waals surface area contributed by atoms with Crippen molar-refractivity contribution >= 4 is 23.3 Å². The highest BCUT2D eigenvalue weighted by molar-refractivity contribution is 6.30. The van der Waals surface area contributed by atoms with Crippen molar-refractivity contribution in [3.8, 4) is 0 Å². The topological polar surface area (TPSA) is 40.6 Å². The van der Waals surface area contributed by atoms with Gasteiger partial charge < -0.3 is 4.90 Å². The molecule has 0 spiro atoms. The van der Waals surface area contributed by atoms with E-state index in [1.54, 1.807) is 6.07 Å². The van der Waals surface area contributed by atoms with E-state index in [0.29, 0.717) is 24.0 Å². The number of hydrogen-bond donors (Lipinski definition) is 0. The van der Waals surface area contributed by atoms with Gasteiger partial charge >= 0.3 is 0 Å². The first-order valence-electron chi connectivity index (χ1n) is 9.89. The Kier molecular flexibility index (Phi) is 5.51. The Balaban J connectivity index is 1.27. The fraction of sp³-hybridized carbons (Fsp3) is 0.391. The van der Waals surface area contributed by atoms with Gasteiger partial charge in [0.2, 0.25) is 0 Å². The lowest BCUT2D eigenvalue weighted by Gasteiger charge is -2.33. The van der Waals surface area contributed by atoms with Crippen LogP contribution in [-0.2, 0) is 6.54 Å². The van der Waals surface area contributed by atoms with Crippen molar-refractivity contribution in [2.75, 3.05) is 26.2 Å². The molecular formula is C23H25ClN2O2. The van der Waals surface area contributed by atoms with Crippen molar-refractivity contribution in [1.29, 1.82) is 0 Å². The molecule has 2 aliphatic rings. The van der Waals surface area contributed by atoms with Crippen molar-refractivity contribution in [1.82, 2.24) is 9.80 Å². The van der Waals surface area contributed by atoms with E-state index >= 15 is 0 Å².